The minimum absolute atomic E-state index is 0.0488. The Labute approximate surface area is 228 Å². The van der Waals surface area contributed by atoms with Crippen LogP contribution in [0.15, 0.2) is 65.5 Å². The van der Waals surface area contributed by atoms with E-state index < -0.39 is 11.9 Å². The summed E-state index contributed by atoms with van der Waals surface area (Å²) in [5.74, 6) is -0.0906. The number of aromatic nitrogens is 1. The maximum Gasteiger partial charge on any atom is 0.323 e. The third-order valence-corrected chi connectivity index (χ3v) is 7.22. The number of carbonyl (C=O) groups is 1. The summed E-state index contributed by atoms with van der Waals surface area (Å²) in [5, 5.41) is 14.2. The Bertz CT molecular complexity index is 1300. The number of hydrogen-bond donors (Lipinski definition) is 3. The zero-order valence-electron chi connectivity index (χ0n) is 22.6. The molecule has 0 radical (unpaired) electrons. The molecule has 1 aromatic heterocycles. The number of nitrogens with zero attached hydrogens (tertiary/aromatic N) is 1. The quantitative estimate of drug-likeness (QED) is 0.308. The number of anilines is 1. The van der Waals surface area contributed by atoms with Crippen molar-refractivity contribution in [3.8, 4) is 5.69 Å². The SMILES string of the molecule is CC(C)C[C@H](NCCc1ccc(-n2c(N)c(C(O)c3ccc(F)cc3)ccc2=O)cc1)C(=O)OC1CCCC1. The number of ether oxygens (including phenoxy) is 1. The third kappa shape index (κ3) is 7.34. The number of nitrogen functional groups attached to an aromatic ring is 1. The number of nitrogens with two attached hydrogens (primary N) is 1. The lowest BCUT2D eigenvalue weighted by Gasteiger charge is -2.22. The molecule has 0 bridgehead atoms. The van der Waals surface area contributed by atoms with Crippen LogP contribution in [0.1, 0.15) is 68.7 Å². The Morgan fingerprint density at radius 2 is 1.74 bits per heavy atom. The van der Waals surface area contributed by atoms with Gasteiger partial charge >= 0.3 is 5.97 Å². The van der Waals surface area contributed by atoms with Crippen molar-refractivity contribution in [2.24, 2.45) is 5.92 Å². The van der Waals surface area contributed by atoms with E-state index in [1.807, 2.05) is 12.1 Å². The first-order valence-electron chi connectivity index (χ1n) is 13.7. The minimum atomic E-state index is -1.11. The van der Waals surface area contributed by atoms with Gasteiger partial charge in [0.25, 0.3) is 5.56 Å². The molecule has 1 fully saturated rings. The lowest BCUT2D eigenvalue weighted by molar-refractivity contribution is -0.151. The van der Waals surface area contributed by atoms with Gasteiger partial charge in [-0.3, -0.25) is 14.2 Å². The van der Waals surface area contributed by atoms with Crippen molar-refractivity contribution in [2.45, 2.75) is 70.6 Å². The molecule has 4 N–H and O–H groups in total. The number of pyridine rings is 1. The molecular weight excluding hydrogens is 497 g/mol. The number of aliphatic hydroxyl groups excluding tert-OH is 1. The first-order chi connectivity index (χ1) is 18.7. The Kier molecular flexibility index (Phi) is 9.54. The summed E-state index contributed by atoms with van der Waals surface area (Å²) in [6, 6.07) is 15.5. The number of benzene rings is 2. The minimum Gasteiger partial charge on any atom is -0.461 e. The molecule has 8 heteroatoms. The normalized spacial score (nSPS) is 15.4. The Morgan fingerprint density at radius 3 is 2.38 bits per heavy atom. The molecule has 2 aromatic carbocycles. The van der Waals surface area contributed by atoms with Crippen LogP contribution in [-0.2, 0) is 16.0 Å². The number of nitrogens with one attached hydrogen (secondary N) is 1. The fraction of sp³-hybridized carbons (Fsp3) is 0.419. The summed E-state index contributed by atoms with van der Waals surface area (Å²) < 4.78 is 20.4. The van der Waals surface area contributed by atoms with Gasteiger partial charge in [0.1, 0.15) is 29.9 Å². The highest BCUT2D eigenvalue weighted by Crippen LogP contribution is 2.27. The number of esters is 1. The van der Waals surface area contributed by atoms with Crippen molar-refractivity contribution >= 4 is 11.8 Å². The molecule has 2 atom stereocenters. The van der Waals surface area contributed by atoms with Crippen LogP contribution in [0.5, 0.6) is 0 Å². The van der Waals surface area contributed by atoms with E-state index in [9.17, 15) is 19.1 Å². The van der Waals surface area contributed by atoms with Crippen LogP contribution in [-0.4, -0.2) is 34.3 Å². The van der Waals surface area contributed by atoms with Crippen molar-refractivity contribution in [1.29, 1.82) is 0 Å². The van der Waals surface area contributed by atoms with Gasteiger partial charge in [0.15, 0.2) is 0 Å². The van der Waals surface area contributed by atoms with E-state index in [2.05, 4.69) is 19.2 Å². The van der Waals surface area contributed by atoms with Gasteiger partial charge in [-0.2, -0.15) is 0 Å². The molecule has 1 heterocycles. The molecule has 1 aliphatic carbocycles. The van der Waals surface area contributed by atoms with E-state index >= 15 is 0 Å². The molecule has 39 heavy (non-hydrogen) atoms. The highest BCUT2D eigenvalue weighted by Gasteiger charge is 2.26. The molecule has 0 aliphatic heterocycles. The summed E-state index contributed by atoms with van der Waals surface area (Å²) >= 11 is 0. The molecular formula is C31H38FN3O4. The highest BCUT2D eigenvalue weighted by molar-refractivity contribution is 5.76. The average molecular weight is 536 g/mol. The second kappa shape index (κ2) is 13.0. The van der Waals surface area contributed by atoms with Crippen LogP contribution >= 0.6 is 0 Å². The molecule has 0 spiro atoms. The van der Waals surface area contributed by atoms with Crippen LogP contribution in [0, 0.1) is 11.7 Å². The van der Waals surface area contributed by atoms with Gasteiger partial charge in [0.2, 0.25) is 0 Å². The van der Waals surface area contributed by atoms with Gasteiger partial charge in [-0.05, 0) is 92.4 Å². The molecule has 4 rings (SSSR count). The van der Waals surface area contributed by atoms with Crippen LogP contribution in [0.25, 0.3) is 5.69 Å². The molecule has 3 aromatic rings. The summed E-state index contributed by atoms with van der Waals surface area (Å²) in [7, 11) is 0. The smallest absolute Gasteiger partial charge is 0.323 e. The fourth-order valence-electron chi connectivity index (χ4n) is 5.08. The second-order valence-corrected chi connectivity index (χ2v) is 10.7. The molecule has 1 unspecified atom stereocenters. The van der Waals surface area contributed by atoms with Crippen molar-refractivity contribution in [1.82, 2.24) is 9.88 Å². The number of hydrogen-bond acceptors (Lipinski definition) is 6. The van der Waals surface area contributed by atoms with Gasteiger partial charge in [-0.1, -0.05) is 38.1 Å². The lowest BCUT2D eigenvalue weighted by atomic mass is 10.0. The van der Waals surface area contributed by atoms with Crippen molar-refractivity contribution < 1.29 is 19.0 Å². The van der Waals surface area contributed by atoms with Crippen molar-refractivity contribution in [3.63, 3.8) is 0 Å². The third-order valence-electron chi connectivity index (χ3n) is 7.22. The van der Waals surface area contributed by atoms with Gasteiger partial charge in [-0.15, -0.1) is 0 Å². The maximum absolute atomic E-state index is 13.3. The van der Waals surface area contributed by atoms with Crippen LogP contribution < -0.4 is 16.6 Å². The zero-order valence-corrected chi connectivity index (χ0v) is 22.6. The maximum atomic E-state index is 13.3. The Hall–Kier alpha value is -3.49. The molecule has 208 valence electrons. The second-order valence-electron chi connectivity index (χ2n) is 10.7. The van der Waals surface area contributed by atoms with Gasteiger partial charge < -0.3 is 20.9 Å². The molecule has 1 saturated carbocycles. The zero-order chi connectivity index (χ0) is 27.9. The Balaban J connectivity index is 1.42. The van der Waals surface area contributed by atoms with E-state index in [0.29, 0.717) is 42.1 Å². The van der Waals surface area contributed by atoms with Crippen LogP contribution in [0.4, 0.5) is 10.2 Å². The van der Waals surface area contributed by atoms with Crippen molar-refractivity contribution in [2.75, 3.05) is 12.3 Å². The molecule has 0 saturated heterocycles. The monoisotopic (exact) mass is 535 g/mol. The number of rotatable bonds is 11. The fourth-order valence-corrected chi connectivity index (χ4v) is 5.08. The molecule has 0 amide bonds. The predicted molar refractivity (Wildman–Crippen MR) is 150 cm³/mol. The predicted octanol–water partition coefficient (Wildman–Crippen LogP) is 4.67. The van der Waals surface area contributed by atoms with E-state index in [0.717, 1.165) is 31.2 Å². The van der Waals surface area contributed by atoms with Crippen LogP contribution in [0.2, 0.25) is 0 Å². The van der Waals surface area contributed by atoms with Gasteiger partial charge in [-0.25, -0.2) is 4.39 Å². The first-order valence-corrected chi connectivity index (χ1v) is 13.7. The Morgan fingerprint density at radius 1 is 1.08 bits per heavy atom. The highest BCUT2D eigenvalue weighted by atomic mass is 19.1. The average Bonchev–Trinajstić information content (AvgIpc) is 3.42. The number of aliphatic hydroxyl groups is 1. The first kappa shape index (κ1) is 28.5. The van der Waals surface area contributed by atoms with Gasteiger partial charge in [0.05, 0.1) is 5.69 Å². The van der Waals surface area contributed by atoms with E-state index in [-0.39, 0.29) is 29.5 Å². The van der Waals surface area contributed by atoms with Gasteiger partial charge in [0, 0.05) is 11.6 Å². The lowest BCUT2D eigenvalue weighted by Crippen LogP contribution is -2.41. The number of carbonyl (C=O) groups excluding carboxylic acids is 1. The van der Waals surface area contributed by atoms with E-state index in [4.69, 9.17) is 10.5 Å². The molecule has 7 nitrogen and oxygen atoms in total. The summed E-state index contributed by atoms with van der Waals surface area (Å²) in [6.45, 7) is 4.80. The van der Waals surface area contributed by atoms with Crippen molar-refractivity contribution in [3.05, 3.63) is 93.5 Å². The standard InChI is InChI=1S/C31H38FN3O4/c1-20(2)19-27(31(38)39-25-5-3-4-6-25)34-18-17-21-7-13-24(14-8-21)35-28(36)16-15-26(30(35)33)29(37)22-9-11-23(32)12-10-22/h7-16,20,25,27,29,34,37H,3-6,17-19,33H2,1-2H3/t27-,29?/m0/s1. The topological polar surface area (TPSA) is 107 Å². The largest absolute Gasteiger partial charge is 0.461 e. The summed E-state index contributed by atoms with van der Waals surface area (Å²) in [6.07, 6.45) is 4.49. The van der Waals surface area contributed by atoms with E-state index in [1.165, 1.54) is 41.0 Å². The van der Waals surface area contributed by atoms with E-state index in [1.54, 1.807) is 12.1 Å². The number of halogens is 1. The summed E-state index contributed by atoms with van der Waals surface area (Å²) in [4.78, 5) is 25.5. The summed E-state index contributed by atoms with van der Waals surface area (Å²) in [5.41, 5.74) is 8.45. The molecule has 1 aliphatic rings. The van der Waals surface area contributed by atoms with Crippen LogP contribution in [0.3, 0.4) is 0 Å².